The molecule has 0 spiro atoms. The molecule has 1 heterocycles. The fourth-order valence-electron chi connectivity index (χ4n) is 0.614. The molecule has 0 amide bonds. The molecule has 48 valence electrons. The van der Waals surface area contributed by atoms with Crippen LogP contribution in [0.3, 0.4) is 0 Å². The monoisotopic (exact) mass is 126 g/mol. The number of carbonyl (C=O) groups is 2. The smallest absolute Gasteiger partial charge is 0.215 e. The van der Waals surface area contributed by atoms with E-state index < -0.39 is 6.10 Å². The Bertz CT molecular complexity index is 181. The number of carbonyl (C=O) groups excluding carboxylic acids is 2. The molecule has 1 aliphatic heterocycles. The Morgan fingerprint density at radius 2 is 2.44 bits per heavy atom. The van der Waals surface area contributed by atoms with Crippen molar-refractivity contribution in [1.29, 1.82) is 0 Å². The van der Waals surface area contributed by atoms with E-state index in [0.717, 1.165) is 0 Å². The number of Topliss-reactive ketones (excluding diaryl/α,β-unsaturated/α-hetero) is 1. The molecule has 1 atom stereocenters. The van der Waals surface area contributed by atoms with Gasteiger partial charge in [-0.25, -0.2) is 0 Å². The van der Waals surface area contributed by atoms with Crippen molar-refractivity contribution >= 4 is 12.1 Å². The molecule has 9 heavy (non-hydrogen) atoms. The molecular weight excluding hydrogens is 120 g/mol. The summed E-state index contributed by atoms with van der Waals surface area (Å²) in [5, 5.41) is 0. The quantitative estimate of drug-likeness (QED) is 0.368. The summed E-state index contributed by atoms with van der Waals surface area (Å²) >= 11 is 0. The second-order valence-electron chi connectivity index (χ2n) is 1.86. The lowest BCUT2D eigenvalue weighted by Gasteiger charge is -1.95. The van der Waals surface area contributed by atoms with Crippen molar-refractivity contribution in [2.45, 2.75) is 13.0 Å². The van der Waals surface area contributed by atoms with Gasteiger partial charge < -0.3 is 4.74 Å². The molecule has 0 saturated heterocycles. The van der Waals surface area contributed by atoms with Gasteiger partial charge in [-0.2, -0.15) is 0 Å². The minimum absolute atomic E-state index is 0.231. The summed E-state index contributed by atoms with van der Waals surface area (Å²) < 4.78 is 4.65. The number of ether oxygens (including phenoxy) is 1. The zero-order valence-electron chi connectivity index (χ0n) is 4.96. The predicted octanol–water partition coefficient (Wildman–Crippen LogP) is 0.0570. The summed E-state index contributed by atoms with van der Waals surface area (Å²) in [7, 11) is 0. The third kappa shape index (κ3) is 0.850. The van der Waals surface area contributed by atoms with Gasteiger partial charge in [0, 0.05) is 5.57 Å². The van der Waals surface area contributed by atoms with Crippen LogP contribution in [0.4, 0.5) is 0 Å². The van der Waals surface area contributed by atoms with Crippen LogP contribution in [0.25, 0.3) is 0 Å². The molecule has 0 fully saturated rings. The first-order valence-electron chi connectivity index (χ1n) is 2.57. The fraction of sp³-hybridized carbons (Fsp3) is 0.333. The van der Waals surface area contributed by atoms with Crippen molar-refractivity contribution in [3.05, 3.63) is 11.8 Å². The average Bonchev–Trinajstić information content (AvgIpc) is 2.15. The normalized spacial score (nSPS) is 25.2. The van der Waals surface area contributed by atoms with Crippen molar-refractivity contribution in [3.8, 4) is 0 Å². The molecule has 3 heteroatoms. The van der Waals surface area contributed by atoms with Gasteiger partial charge in [-0.15, -0.1) is 0 Å². The van der Waals surface area contributed by atoms with Crippen LogP contribution >= 0.6 is 0 Å². The van der Waals surface area contributed by atoms with Gasteiger partial charge in [-0.3, -0.25) is 9.59 Å². The third-order valence-electron chi connectivity index (χ3n) is 1.16. The lowest BCUT2D eigenvalue weighted by molar-refractivity contribution is -0.127. The zero-order valence-corrected chi connectivity index (χ0v) is 4.96. The Balaban J connectivity index is 2.73. The summed E-state index contributed by atoms with van der Waals surface area (Å²) in [5.41, 5.74) is 0.507. The number of rotatable bonds is 1. The fourth-order valence-corrected chi connectivity index (χ4v) is 0.614. The van der Waals surface area contributed by atoms with Gasteiger partial charge in [0.1, 0.15) is 0 Å². The first kappa shape index (κ1) is 6.01. The molecule has 0 aromatic carbocycles. The summed E-state index contributed by atoms with van der Waals surface area (Å²) in [4.78, 5) is 20.7. The molecule has 1 aliphatic rings. The zero-order chi connectivity index (χ0) is 6.85. The Labute approximate surface area is 52.3 Å². The standard InChI is InChI=1S/C6H6O3/c1-4-3-9-5(2-7)6(4)8/h2-3,5H,1H3. The number of ketones is 1. The van der Waals surface area contributed by atoms with Gasteiger partial charge in [0.2, 0.25) is 11.9 Å². The Hall–Kier alpha value is -1.12. The van der Waals surface area contributed by atoms with Gasteiger partial charge in [0.05, 0.1) is 6.26 Å². The van der Waals surface area contributed by atoms with Crippen LogP contribution in [0.2, 0.25) is 0 Å². The predicted molar refractivity (Wildman–Crippen MR) is 29.7 cm³/mol. The summed E-state index contributed by atoms with van der Waals surface area (Å²) in [6, 6.07) is 0. The van der Waals surface area contributed by atoms with E-state index in [1.165, 1.54) is 6.26 Å². The van der Waals surface area contributed by atoms with Crippen molar-refractivity contribution in [1.82, 2.24) is 0 Å². The maximum atomic E-state index is 10.7. The molecule has 3 nitrogen and oxygen atoms in total. The number of hydrogen-bond acceptors (Lipinski definition) is 3. The molecule has 0 saturated carbocycles. The molecule has 1 rings (SSSR count). The highest BCUT2D eigenvalue weighted by atomic mass is 16.5. The van der Waals surface area contributed by atoms with Crippen LogP contribution in [0.15, 0.2) is 11.8 Å². The van der Waals surface area contributed by atoms with Gasteiger partial charge in [0.15, 0.2) is 6.29 Å². The third-order valence-corrected chi connectivity index (χ3v) is 1.16. The van der Waals surface area contributed by atoms with Gasteiger partial charge in [-0.1, -0.05) is 0 Å². The van der Waals surface area contributed by atoms with E-state index >= 15 is 0 Å². The van der Waals surface area contributed by atoms with Crippen LogP contribution in [-0.2, 0) is 14.3 Å². The molecular formula is C6H6O3. The molecule has 0 N–H and O–H groups in total. The summed E-state index contributed by atoms with van der Waals surface area (Å²) in [6.07, 6.45) is 0.932. The maximum Gasteiger partial charge on any atom is 0.215 e. The minimum atomic E-state index is -0.870. The maximum absolute atomic E-state index is 10.7. The second-order valence-corrected chi connectivity index (χ2v) is 1.86. The Kier molecular flexibility index (Phi) is 1.34. The van der Waals surface area contributed by atoms with Gasteiger partial charge >= 0.3 is 0 Å². The van der Waals surface area contributed by atoms with Crippen molar-refractivity contribution in [2.75, 3.05) is 0 Å². The van der Waals surface area contributed by atoms with E-state index in [1.54, 1.807) is 6.92 Å². The molecule has 0 aliphatic carbocycles. The van der Waals surface area contributed by atoms with Crippen LogP contribution in [0, 0.1) is 0 Å². The molecule has 0 aromatic rings. The van der Waals surface area contributed by atoms with Crippen molar-refractivity contribution < 1.29 is 14.3 Å². The van der Waals surface area contributed by atoms with Crippen LogP contribution < -0.4 is 0 Å². The second kappa shape index (κ2) is 2.01. The highest BCUT2D eigenvalue weighted by Gasteiger charge is 2.24. The Morgan fingerprint density at radius 1 is 1.78 bits per heavy atom. The average molecular weight is 126 g/mol. The molecule has 0 bridgehead atoms. The highest BCUT2D eigenvalue weighted by molar-refractivity contribution is 6.08. The SMILES string of the molecule is CC1=COC(C=O)C1=O. The van der Waals surface area contributed by atoms with Crippen LogP contribution in [-0.4, -0.2) is 18.2 Å². The summed E-state index contributed by atoms with van der Waals surface area (Å²) in [6.45, 7) is 1.62. The van der Waals surface area contributed by atoms with Crippen LogP contribution in [0.1, 0.15) is 6.92 Å². The van der Waals surface area contributed by atoms with E-state index in [4.69, 9.17) is 0 Å². The first-order valence-corrected chi connectivity index (χ1v) is 2.57. The molecule has 1 unspecified atom stereocenters. The molecule has 0 radical (unpaired) electrons. The van der Waals surface area contributed by atoms with E-state index in [2.05, 4.69) is 4.74 Å². The van der Waals surface area contributed by atoms with E-state index in [1.807, 2.05) is 0 Å². The summed E-state index contributed by atoms with van der Waals surface area (Å²) in [5.74, 6) is -0.231. The lowest BCUT2D eigenvalue weighted by atomic mass is 10.2. The van der Waals surface area contributed by atoms with Crippen molar-refractivity contribution in [3.63, 3.8) is 0 Å². The van der Waals surface area contributed by atoms with E-state index in [9.17, 15) is 9.59 Å². The largest absolute Gasteiger partial charge is 0.482 e. The molecule has 0 aromatic heterocycles. The number of aldehydes is 1. The van der Waals surface area contributed by atoms with Crippen LogP contribution in [0.5, 0.6) is 0 Å². The first-order chi connectivity index (χ1) is 4.25. The van der Waals surface area contributed by atoms with Crippen molar-refractivity contribution in [2.24, 2.45) is 0 Å². The lowest BCUT2D eigenvalue weighted by Crippen LogP contribution is -2.18. The van der Waals surface area contributed by atoms with E-state index in [-0.39, 0.29) is 5.78 Å². The van der Waals surface area contributed by atoms with Gasteiger partial charge in [-0.05, 0) is 6.92 Å². The number of hydrogen-bond donors (Lipinski definition) is 0. The highest BCUT2D eigenvalue weighted by Crippen LogP contribution is 2.10. The minimum Gasteiger partial charge on any atom is -0.482 e. The van der Waals surface area contributed by atoms with E-state index in [0.29, 0.717) is 11.9 Å². The van der Waals surface area contributed by atoms with Gasteiger partial charge in [0.25, 0.3) is 0 Å². The topological polar surface area (TPSA) is 43.4 Å². The Morgan fingerprint density at radius 3 is 2.67 bits per heavy atom.